The van der Waals surface area contributed by atoms with Gasteiger partial charge in [0.2, 0.25) is 0 Å². The number of likely N-dealkylation sites (tertiary alicyclic amines) is 2. The smallest absolute Gasteiger partial charge is 0.274 e. The summed E-state index contributed by atoms with van der Waals surface area (Å²) < 4.78 is 8.16. The summed E-state index contributed by atoms with van der Waals surface area (Å²) in [7, 11) is 0. The van der Waals surface area contributed by atoms with Crippen molar-refractivity contribution in [1.29, 1.82) is 0 Å². The number of halogens is 1. The molecule has 7 rings (SSSR count). The van der Waals surface area contributed by atoms with Gasteiger partial charge in [0, 0.05) is 49.1 Å². The highest BCUT2D eigenvalue weighted by atomic mass is 35.5. The highest BCUT2D eigenvalue weighted by Crippen LogP contribution is 2.29. The van der Waals surface area contributed by atoms with Crippen molar-refractivity contribution in [1.82, 2.24) is 19.6 Å². The molecule has 45 heavy (non-hydrogen) atoms. The van der Waals surface area contributed by atoms with Crippen LogP contribution in [0.25, 0.3) is 10.8 Å². The zero-order valence-corrected chi connectivity index (χ0v) is 27.0. The van der Waals surface area contributed by atoms with Gasteiger partial charge in [-0.15, -0.1) is 0 Å². The molecule has 2 aliphatic heterocycles. The Kier molecular flexibility index (Phi) is 9.52. The fourth-order valence-electron chi connectivity index (χ4n) is 7.38. The third kappa shape index (κ3) is 7.29. The third-order valence-electron chi connectivity index (χ3n) is 10.3. The highest BCUT2D eigenvalue weighted by molar-refractivity contribution is 6.30. The van der Waals surface area contributed by atoms with Crippen molar-refractivity contribution in [3.8, 4) is 5.75 Å². The molecule has 0 spiro atoms. The molecule has 236 valence electrons. The molecule has 3 heterocycles. The van der Waals surface area contributed by atoms with Crippen LogP contribution < -0.4 is 10.3 Å². The third-order valence-corrected chi connectivity index (χ3v) is 10.6. The number of rotatable bonds is 9. The summed E-state index contributed by atoms with van der Waals surface area (Å²) in [6.45, 7) is 5.41. The predicted octanol–water partition coefficient (Wildman–Crippen LogP) is 7.31. The highest BCUT2D eigenvalue weighted by Gasteiger charge is 2.29. The molecule has 0 radical (unpaired) electrons. The number of benzene rings is 3. The topological polar surface area (TPSA) is 50.6 Å². The Labute approximate surface area is 271 Å². The number of piperidine rings is 1. The fourth-order valence-corrected chi connectivity index (χ4v) is 7.51. The van der Waals surface area contributed by atoms with Crippen LogP contribution in [-0.4, -0.2) is 64.4 Å². The number of hydrogen-bond donors (Lipinski definition) is 0. The molecule has 2 saturated heterocycles. The second-order valence-electron chi connectivity index (χ2n) is 13.3. The van der Waals surface area contributed by atoms with E-state index in [-0.39, 0.29) is 11.6 Å². The normalized spacial score (nSPS) is 20.6. The second kappa shape index (κ2) is 14.1. The molecule has 6 nitrogen and oxygen atoms in total. The zero-order valence-electron chi connectivity index (χ0n) is 26.3. The lowest BCUT2D eigenvalue weighted by atomic mass is 9.90. The summed E-state index contributed by atoms with van der Waals surface area (Å²) in [6, 6.07) is 25.6. The first kappa shape index (κ1) is 30.5. The Bertz CT molecular complexity index is 1620. The number of aromatic nitrogens is 2. The molecule has 0 N–H and O–H groups in total. The van der Waals surface area contributed by atoms with E-state index in [4.69, 9.17) is 21.4 Å². The Balaban J connectivity index is 0.944. The van der Waals surface area contributed by atoms with Gasteiger partial charge in [0.15, 0.2) is 0 Å². The van der Waals surface area contributed by atoms with Crippen molar-refractivity contribution >= 4 is 22.4 Å². The summed E-state index contributed by atoms with van der Waals surface area (Å²) in [5.74, 6) is 1.00. The first-order chi connectivity index (χ1) is 22.1. The van der Waals surface area contributed by atoms with Crippen molar-refractivity contribution in [2.24, 2.45) is 0 Å². The zero-order chi connectivity index (χ0) is 30.6. The summed E-state index contributed by atoms with van der Waals surface area (Å²) in [4.78, 5) is 18.9. The van der Waals surface area contributed by atoms with E-state index in [0.717, 1.165) is 97.0 Å². The van der Waals surface area contributed by atoms with Crippen LogP contribution in [0.3, 0.4) is 0 Å². The molecule has 1 atom stereocenters. The van der Waals surface area contributed by atoms with E-state index in [0.29, 0.717) is 12.5 Å². The molecule has 3 aromatic carbocycles. The predicted molar refractivity (Wildman–Crippen MR) is 183 cm³/mol. The minimum atomic E-state index is 0.0233. The van der Waals surface area contributed by atoms with Crippen LogP contribution in [0.1, 0.15) is 74.2 Å². The van der Waals surface area contributed by atoms with E-state index < -0.39 is 0 Å². The number of fused-ring (bicyclic) bond motifs is 1. The van der Waals surface area contributed by atoms with Gasteiger partial charge in [0.05, 0.1) is 17.1 Å². The average molecular weight is 625 g/mol. The van der Waals surface area contributed by atoms with Gasteiger partial charge in [-0.2, -0.15) is 5.10 Å². The maximum absolute atomic E-state index is 13.6. The van der Waals surface area contributed by atoms with E-state index in [1.54, 1.807) is 4.68 Å². The van der Waals surface area contributed by atoms with Gasteiger partial charge in [0.25, 0.3) is 5.56 Å². The first-order valence-electron chi connectivity index (χ1n) is 17.1. The Morgan fingerprint density at radius 1 is 0.733 bits per heavy atom. The SMILES string of the molecule is O=c1c2ccccc2c(Cc2ccc(Cl)cc2)nn1C1CCCN(CCc2ccc(OC3CCN(C4CCC4)CC3)cc2)CC1. The minimum Gasteiger partial charge on any atom is -0.490 e. The lowest BCUT2D eigenvalue weighted by molar-refractivity contribution is 0.0493. The lowest BCUT2D eigenvalue weighted by Gasteiger charge is -2.41. The van der Waals surface area contributed by atoms with Gasteiger partial charge in [-0.1, -0.05) is 60.5 Å². The van der Waals surface area contributed by atoms with Gasteiger partial charge >= 0.3 is 0 Å². The van der Waals surface area contributed by atoms with Crippen LogP contribution in [0, 0.1) is 0 Å². The summed E-state index contributed by atoms with van der Waals surface area (Å²) in [5.41, 5.74) is 3.45. The van der Waals surface area contributed by atoms with E-state index >= 15 is 0 Å². The van der Waals surface area contributed by atoms with Gasteiger partial charge in [-0.3, -0.25) is 4.79 Å². The monoisotopic (exact) mass is 624 g/mol. The Morgan fingerprint density at radius 3 is 2.18 bits per heavy atom. The van der Waals surface area contributed by atoms with Crippen LogP contribution in [0.5, 0.6) is 5.75 Å². The summed E-state index contributed by atoms with van der Waals surface area (Å²) in [5, 5.41) is 7.42. The van der Waals surface area contributed by atoms with Crippen LogP contribution in [0.2, 0.25) is 5.02 Å². The molecule has 4 aromatic rings. The molecule has 1 saturated carbocycles. The number of nitrogens with zero attached hydrogens (tertiary/aromatic N) is 4. The Morgan fingerprint density at radius 2 is 1.44 bits per heavy atom. The molecular formula is C38H45ClN4O2. The Hall–Kier alpha value is -3.19. The van der Waals surface area contributed by atoms with Crippen LogP contribution >= 0.6 is 11.6 Å². The second-order valence-corrected chi connectivity index (χ2v) is 13.7. The molecule has 1 aliphatic carbocycles. The van der Waals surface area contributed by atoms with E-state index in [1.807, 2.05) is 48.5 Å². The molecule has 7 heteroatoms. The number of ether oxygens (including phenoxy) is 1. The van der Waals surface area contributed by atoms with Crippen molar-refractivity contribution in [2.75, 3.05) is 32.7 Å². The van der Waals surface area contributed by atoms with Crippen molar-refractivity contribution in [2.45, 2.75) is 82.4 Å². The van der Waals surface area contributed by atoms with Crippen LogP contribution in [0.4, 0.5) is 0 Å². The van der Waals surface area contributed by atoms with E-state index in [2.05, 4.69) is 34.1 Å². The van der Waals surface area contributed by atoms with Gasteiger partial charge < -0.3 is 14.5 Å². The lowest BCUT2D eigenvalue weighted by Crippen LogP contribution is -2.46. The van der Waals surface area contributed by atoms with Crippen molar-refractivity contribution in [3.05, 3.63) is 105 Å². The molecule has 3 fully saturated rings. The molecule has 0 bridgehead atoms. The maximum atomic E-state index is 13.6. The van der Waals surface area contributed by atoms with Gasteiger partial charge in [0.1, 0.15) is 11.9 Å². The van der Waals surface area contributed by atoms with Crippen molar-refractivity contribution < 1.29 is 4.74 Å². The van der Waals surface area contributed by atoms with E-state index in [9.17, 15) is 4.79 Å². The standard InChI is InChI=1S/C38H45ClN4O2/c39-30-14-10-29(11-15-30)27-37-35-8-1-2-9-36(35)38(44)43(40-37)32-7-4-22-41(24-19-32)23-18-28-12-16-33(17-13-28)45-34-20-25-42(26-21-34)31-5-3-6-31/h1-2,8-17,31-32,34H,3-7,18-27H2. The minimum absolute atomic E-state index is 0.0233. The van der Waals surface area contributed by atoms with Crippen LogP contribution in [-0.2, 0) is 12.8 Å². The van der Waals surface area contributed by atoms with Crippen molar-refractivity contribution in [3.63, 3.8) is 0 Å². The molecule has 1 aromatic heterocycles. The molecule has 3 aliphatic rings. The quantitative estimate of drug-likeness (QED) is 0.196. The maximum Gasteiger partial charge on any atom is 0.274 e. The fraction of sp³-hybridized carbons (Fsp3) is 0.474. The summed E-state index contributed by atoms with van der Waals surface area (Å²) >= 11 is 6.13. The molecule has 0 amide bonds. The van der Waals surface area contributed by atoms with E-state index in [1.165, 1.54) is 37.9 Å². The van der Waals surface area contributed by atoms with Crippen LogP contribution in [0.15, 0.2) is 77.6 Å². The molecule has 1 unspecified atom stereocenters. The van der Waals surface area contributed by atoms with Gasteiger partial charge in [-0.25, -0.2) is 4.68 Å². The number of hydrogen-bond acceptors (Lipinski definition) is 5. The largest absolute Gasteiger partial charge is 0.490 e. The molecular weight excluding hydrogens is 580 g/mol. The average Bonchev–Trinajstić information content (AvgIpc) is 3.29. The summed E-state index contributed by atoms with van der Waals surface area (Å²) in [6.07, 6.45) is 11.4. The van der Waals surface area contributed by atoms with Gasteiger partial charge in [-0.05, 0) is 99.4 Å². The first-order valence-corrected chi connectivity index (χ1v) is 17.4.